The first-order valence-corrected chi connectivity index (χ1v) is 12.0. The van der Waals surface area contributed by atoms with Crippen LogP contribution in [-0.2, 0) is 23.0 Å². The molecule has 3 rings (SSSR count). The molecule has 170 valence electrons. The maximum absolute atomic E-state index is 12.6. The van der Waals surface area contributed by atoms with Gasteiger partial charge >= 0.3 is 0 Å². The second-order valence-electron chi connectivity index (χ2n) is 7.12. The summed E-state index contributed by atoms with van der Waals surface area (Å²) in [6, 6.07) is 10.7. The third-order valence-electron chi connectivity index (χ3n) is 4.88. The first-order valence-electron chi connectivity index (χ1n) is 10.2. The Morgan fingerprint density at radius 3 is 2.39 bits per heavy atom. The Morgan fingerprint density at radius 2 is 1.77 bits per heavy atom. The highest BCUT2D eigenvalue weighted by atomic mass is 127. The minimum Gasteiger partial charge on any atom is -0.357 e. The van der Waals surface area contributed by atoms with Gasteiger partial charge in [-0.15, -0.1) is 24.0 Å². The normalized spacial score (nSPS) is 14.8. The minimum absolute atomic E-state index is 0. The minimum atomic E-state index is -3.38. The van der Waals surface area contributed by atoms with Crippen molar-refractivity contribution in [2.45, 2.75) is 37.6 Å². The van der Waals surface area contributed by atoms with Crippen molar-refractivity contribution in [3.8, 4) is 0 Å². The molecule has 0 atom stereocenters. The van der Waals surface area contributed by atoms with E-state index in [-0.39, 0.29) is 24.0 Å². The molecule has 1 fully saturated rings. The quantitative estimate of drug-likeness (QED) is 0.217. The van der Waals surface area contributed by atoms with Crippen LogP contribution in [0, 0.1) is 0 Å². The summed E-state index contributed by atoms with van der Waals surface area (Å²) in [6.07, 6.45) is 4.44. The van der Waals surface area contributed by atoms with E-state index in [1.165, 1.54) is 0 Å². The molecule has 0 unspecified atom stereocenters. The van der Waals surface area contributed by atoms with Crippen molar-refractivity contribution >= 4 is 51.6 Å². The van der Waals surface area contributed by atoms with E-state index in [0.29, 0.717) is 42.2 Å². The van der Waals surface area contributed by atoms with E-state index in [2.05, 4.69) is 20.6 Å². The number of aromatic nitrogens is 1. The van der Waals surface area contributed by atoms with Gasteiger partial charge in [0.15, 0.2) is 5.96 Å². The Labute approximate surface area is 206 Å². The van der Waals surface area contributed by atoms with Gasteiger partial charge in [-0.25, -0.2) is 18.4 Å². The molecule has 2 aromatic rings. The third kappa shape index (κ3) is 7.58. The molecule has 0 aliphatic carbocycles. The van der Waals surface area contributed by atoms with Crippen LogP contribution in [0.15, 0.2) is 52.5 Å². The monoisotopic (exact) mass is 577 g/mol. The van der Waals surface area contributed by atoms with Crippen LogP contribution in [0.5, 0.6) is 0 Å². The van der Waals surface area contributed by atoms with Crippen LogP contribution in [-0.4, -0.2) is 49.8 Å². The zero-order chi connectivity index (χ0) is 21.4. The Hall–Kier alpha value is -1.43. The van der Waals surface area contributed by atoms with E-state index in [4.69, 9.17) is 11.6 Å². The van der Waals surface area contributed by atoms with Crippen molar-refractivity contribution in [1.29, 1.82) is 0 Å². The fraction of sp³-hybridized carbons (Fsp3) is 0.429. The number of pyridine rings is 1. The topological polar surface area (TPSA) is 86.7 Å². The molecule has 2 heterocycles. The van der Waals surface area contributed by atoms with Crippen molar-refractivity contribution in [1.82, 2.24) is 19.9 Å². The summed E-state index contributed by atoms with van der Waals surface area (Å²) in [5.74, 6) is 0.716. The number of guanidine groups is 1. The summed E-state index contributed by atoms with van der Waals surface area (Å²) in [6.45, 7) is 5.15. The summed E-state index contributed by atoms with van der Waals surface area (Å²) >= 11 is 5.81. The molecule has 1 aliphatic rings. The molecule has 1 aromatic heterocycles. The molecular formula is C21H29ClIN5O2S. The van der Waals surface area contributed by atoms with E-state index >= 15 is 0 Å². The second-order valence-corrected chi connectivity index (χ2v) is 9.44. The van der Waals surface area contributed by atoms with Gasteiger partial charge in [-0.3, -0.25) is 0 Å². The Morgan fingerprint density at radius 1 is 1.10 bits per heavy atom. The zero-order valence-corrected chi connectivity index (χ0v) is 21.5. The fourth-order valence-corrected chi connectivity index (χ4v) is 4.86. The number of nitrogens with one attached hydrogen (secondary N) is 2. The van der Waals surface area contributed by atoms with Crippen LogP contribution < -0.4 is 10.6 Å². The van der Waals surface area contributed by atoms with Crippen molar-refractivity contribution in [3.05, 3.63) is 58.9 Å². The van der Waals surface area contributed by atoms with Crippen molar-refractivity contribution in [2.75, 3.05) is 26.2 Å². The van der Waals surface area contributed by atoms with Crippen LogP contribution >= 0.6 is 35.6 Å². The Balaban J connectivity index is 0.00000341. The Bertz CT molecular complexity index is 947. The first-order chi connectivity index (χ1) is 14.5. The van der Waals surface area contributed by atoms with Crippen LogP contribution in [0.25, 0.3) is 0 Å². The number of hydrogen-bond donors (Lipinski definition) is 2. The van der Waals surface area contributed by atoms with Crippen molar-refractivity contribution < 1.29 is 8.42 Å². The Kier molecular flexibility index (Phi) is 10.5. The number of halogens is 2. The molecule has 1 aromatic carbocycles. The smallest absolute Gasteiger partial charge is 0.243 e. The van der Waals surface area contributed by atoms with Crippen molar-refractivity contribution in [2.24, 2.45) is 4.99 Å². The van der Waals surface area contributed by atoms with E-state index in [1.807, 2.05) is 25.1 Å². The molecule has 0 amide bonds. The summed E-state index contributed by atoms with van der Waals surface area (Å²) in [4.78, 5) is 9.03. The van der Waals surface area contributed by atoms with Gasteiger partial charge in [-0.1, -0.05) is 29.8 Å². The molecule has 0 saturated carbocycles. The van der Waals surface area contributed by atoms with Gasteiger partial charge in [0.1, 0.15) is 5.15 Å². The molecule has 0 bridgehead atoms. The zero-order valence-electron chi connectivity index (χ0n) is 17.6. The highest BCUT2D eigenvalue weighted by Gasteiger charge is 2.26. The molecular weight excluding hydrogens is 549 g/mol. The number of benzene rings is 1. The average molecular weight is 578 g/mol. The highest BCUT2D eigenvalue weighted by Crippen LogP contribution is 2.21. The predicted molar refractivity (Wildman–Crippen MR) is 136 cm³/mol. The molecule has 0 spiro atoms. The van der Waals surface area contributed by atoms with E-state index in [0.717, 1.165) is 36.9 Å². The van der Waals surface area contributed by atoms with Gasteiger partial charge in [0, 0.05) is 32.4 Å². The van der Waals surface area contributed by atoms with Crippen LogP contribution in [0.4, 0.5) is 0 Å². The molecule has 2 N–H and O–H groups in total. The van der Waals surface area contributed by atoms with E-state index in [9.17, 15) is 8.42 Å². The number of sulfonamides is 1. The molecule has 1 saturated heterocycles. The predicted octanol–water partition coefficient (Wildman–Crippen LogP) is 3.44. The first kappa shape index (κ1) is 25.8. The van der Waals surface area contributed by atoms with Gasteiger partial charge in [0.2, 0.25) is 10.0 Å². The highest BCUT2D eigenvalue weighted by molar-refractivity contribution is 14.0. The molecule has 31 heavy (non-hydrogen) atoms. The largest absolute Gasteiger partial charge is 0.357 e. The summed E-state index contributed by atoms with van der Waals surface area (Å²) in [5, 5.41) is 7.01. The summed E-state index contributed by atoms with van der Waals surface area (Å²) in [5.41, 5.74) is 2.05. The van der Waals surface area contributed by atoms with Gasteiger partial charge in [-0.2, -0.15) is 4.31 Å². The maximum Gasteiger partial charge on any atom is 0.243 e. The molecule has 10 heteroatoms. The summed E-state index contributed by atoms with van der Waals surface area (Å²) < 4.78 is 26.8. The standard InChI is InChI=1S/C21H28ClN5O2S.HI/c1-2-23-21(24-12-11-18-7-10-20(22)25-15-18)26-16-17-5-8-19(9-6-17)30(28,29)27-13-3-4-14-27;/h5-10,15H,2-4,11-14,16H2,1H3,(H2,23,24,26);1H. The molecule has 7 nitrogen and oxygen atoms in total. The molecule has 0 radical (unpaired) electrons. The third-order valence-corrected chi connectivity index (χ3v) is 7.02. The molecule has 1 aliphatic heterocycles. The lowest BCUT2D eigenvalue weighted by Gasteiger charge is -2.15. The van der Waals surface area contributed by atoms with Crippen molar-refractivity contribution in [3.63, 3.8) is 0 Å². The SMILES string of the molecule is CCNC(=NCc1ccc(S(=O)(=O)N2CCCC2)cc1)NCCc1ccc(Cl)nc1.I. The maximum atomic E-state index is 12.6. The average Bonchev–Trinajstić information content (AvgIpc) is 3.30. The number of aliphatic imine (C=N–C) groups is 1. The number of rotatable bonds is 8. The lowest BCUT2D eigenvalue weighted by atomic mass is 10.2. The summed E-state index contributed by atoms with van der Waals surface area (Å²) in [7, 11) is -3.38. The second kappa shape index (κ2) is 12.6. The van der Waals surface area contributed by atoms with E-state index in [1.54, 1.807) is 28.7 Å². The van der Waals surface area contributed by atoms with Gasteiger partial charge in [0.25, 0.3) is 0 Å². The number of hydrogen-bond acceptors (Lipinski definition) is 4. The lowest BCUT2D eigenvalue weighted by molar-refractivity contribution is 0.477. The van der Waals surface area contributed by atoms with Gasteiger partial charge in [-0.05, 0) is 55.5 Å². The number of nitrogens with zero attached hydrogens (tertiary/aromatic N) is 3. The van der Waals surface area contributed by atoms with Crippen LogP contribution in [0.2, 0.25) is 5.15 Å². The fourth-order valence-electron chi connectivity index (χ4n) is 3.24. The van der Waals surface area contributed by atoms with Crippen LogP contribution in [0.3, 0.4) is 0 Å². The van der Waals surface area contributed by atoms with Crippen LogP contribution in [0.1, 0.15) is 30.9 Å². The van der Waals surface area contributed by atoms with Gasteiger partial charge < -0.3 is 10.6 Å². The lowest BCUT2D eigenvalue weighted by Crippen LogP contribution is -2.38. The van der Waals surface area contributed by atoms with Gasteiger partial charge in [0.05, 0.1) is 11.4 Å². The van der Waals surface area contributed by atoms with E-state index < -0.39 is 10.0 Å².